The first-order valence-electron chi connectivity index (χ1n) is 4.71. The van der Waals surface area contributed by atoms with Crippen LogP contribution in [0.15, 0.2) is 11.6 Å². The third-order valence-electron chi connectivity index (χ3n) is 2.13. The highest BCUT2D eigenvalue weighted by atomic mass is 32.2. The lowest BCUT2D eigenvalue weighted by Gasteiger charge is -2.23. The summed E-state index contributed by atoms with van der Waals surface area (Å²) in [7, 11) is 0. The van der Waals surface area contributed by atoms with Crippen LogP contribution in [-0.4, -0.2) is 27.3 Å². The van der Waals surface area contributed by atoms with E-state index in [4.69, 9.17) is 0 Å². The van der Waals surface area contributed by atoms with Gasteiger partial charge in [-0.05, 0) is 26.7 Å². The van der Waals surface area contributed by atoms with Gasteiger partial charge in [-0.3, -0.25) is 0 Å². The molecule has 0 bridgehead atoms. The molecule has 1 aliphatic rings. The van der Waals surface area contributed by atoms with Crippen molar-refractivity contribution in [1.29, 1.82) is 0 Å². The van der Waals surface area contributed by atoms with Crippen LogP contribution < -0.4 is 0 Å². The summed E-state index contributed by atoms with van der Waals surface area (Å²) in [5, 5.41) is 9.32. The smallest absolute Gasteiger partial charge is 0.0844 e. The molecule has 1 fully saturated rings. The van der Waals surface area contributed by atoms with Gasteiger partial charge in [-0.15, -0.1) is 23.5 Å². The molecule has 1 rings (SSSR count). The minimum absolute atomic E-state index is 0.117. The van der Waals surface area contributed by atoms with Crippen molar-refractivity contribution in [3.05, 3.63) is 11.6 Å². The minimum Gasteiger partial charge on any atom is -0.394 e. The fourth-order valence-corrected chi connectivity index (χ4v) is 4.34. The Morgan fingerprint density at radius 2 is 2.00 bits per heavy atom. The number of hydrogen-bond donors (Lipinski definition) is 1. The van der Waals surface area contributed by atoms with E-state index in [1.165, 1.54) is 17.1 Å². The van der Waals surface area contributed by atoms with Gasteiger partial charge in [0.2, 0.25) is 0 Å². The van der Waals surface area contributed by atoms with Crippen molar-refractivity contribution in [3.63, 3.8) is 0 Å². The summed E-state index contributed by atoms with van der Waals surface area (Å²) < 4.78 is 0.117. The van der Waals surface area contributed by atoms with Gasteiger partial charge in [0.1, 0.15) is 0 Å². The zero-order valence-corrected chi connectivity index (χ0v) is 10.0. The van der Waals surface area contributed by atoms with Crippen LogP contribution in [0.5, 0.6) is 0 Å². The van der Waals surface area contributed by atoms with Gasteiger partial charge in [-0.1, -0.05) is 11.6 Å². The Balaban J connectivity index is 2.36. The standard InChI is InChI=1S/C10H18OS2/c1-9(2)4-3-5-10(8-11)12-6-7-13-10/h4,11H,3,5-8H2,1-2H3. The van der Waals surface area contributed by atoms with E-state index in [0.717, 1.165) is 12.8 Å². The maximum Gasteiger partial charge on any atom is 0.0844 e. The van der Waals surface area contributed by atoms with Gasteiger partial charge < -0.3 is 5.11 Å². The third kappa shape index (κ3) is 3.56. The monoisotopic (exact) mass is 218 g/mol. The van der Waals surface area contributed by atoms with Crippen LogP contribution >= 0.6 is 23.5 Å². The first kappa shape index (κ1) is 11.5. The van der Waals surface area contributed by atoms with Crippen molar-refractivity contribution < 1.29 is 5.11 Å². The van der Waals surface area contributed by atoms with Gasteiger partial charge in [0.15, 0.2) is 0 Å². The van der Waals surface area contributed by atoms with E-state index in [2.05, 4.69) is 19.9 Å². The highest BCUT2D eigenvalue weighted by Crippen LogP contribution is 2.46. The van der Waals surface area contributed by atoms with Crippen LogP contribution in [0.4, 0.5) is 0 Å². The van der Waals surface area contributed by atoms with Crippen LogP contribution in [0, 0.1) is 0 Å². The molecule has 0 radical (unpaired) electrons. The number of aliphatic hydroxyl groups excluding tert-OH is 1. The molecule has 1 saturated heterocycles. The first-order valence-corrected chi connectivity index (χ1v) is 6.68. The predicted octanol–water partition coefficient (Wildman–Crippen LogP) is 2.90. The summed E-state index contributed by atoms with van der Waals surface area (Å²) in [5.74, 6) is 2.39. The maximum atomic E-state index is 9.32. The molecular formula is C10H18OS2. The van der Waals surface area contributed by atoms with E-state index in [0.29, 0.717) is 6.61 Å². The second kappa shape index (κ2) is 5.32. The number of thioether (sulfide) groups is 2. The number of aliphatic hydroxyl groups is 1. The summed E-state index contributed by atoms with van der Waals surface area (Å²) in [6.45, 7) is 4.57. The first-order chi connectivity index (χ1) is 6.18. The van der Waals surface area contributed by atoms with E-state index < -0.39 is 0 Å². The van der Waals surface area contributed by atoms with Crippen molar-refractivity contribution in [2.45, 2.75) is 30.8 Å². The lowest BCUT2D eigenvalue weighted by atomic mass is 10.2. The van der Waals surface area contributed by atoms with E-state index in [1.807, 2.05) is 23.5 Å². The van der Waals surface area contributed by atoms with Crippen LogP contribution in [0.2, 0.25) is 0 Å². The van der Waals surface area contributed by atoms with Crippen LogP contribution in [0.3, 0.4) is 0 Å². The normalized spacial score (nSPS) is 20.2. The summed E-state index contributed by atoms with van der Waals surface area (Å²) >= 11 is 3.85. The lowest BCUT2D eigenvalue weighted by Crippen LogP contribution is -2.21. The lowest BCUT2D eigenvalue weighted by molar-refractivity contribution is 0.280. The Bertz CT molecular complexity index is 179. The van der Waals surface area contributed by atoms with Crippen LogP contribution in [0.1, 0.15) is 26.7 Å². The molecule has 0 aromatic carbocycles. The fraction of sp³-hybridized carbons (Fsp3) is 0.800. The predicted molar refractivity (Wildman–Crippen MR) is 63.4 cm³/mol. The van der Waals surface area contributed by atoms with E-state index in [-0.39, 0.29) is 4.08 Å². The van der Waals surface area contributed by atoms with Gasteiger partial charge in [0, 0.05) is 11.5 Å². The highest BCUT2D eigenvalue weighted by molar-refractivity contribution is 8.21. The quantitative estimate of drug-likeness (QED) is 0.733. The van der Waals surface area contributed by atoms with Crippen molar-refractivity contribution in [1.82, 2.24) is 0 Å². The van der Waals surface area contributed by atoms with E-state index in [9.17, 15) is 5.11 Å². The third-order valence-corrected chi connectivity index (χ3v) is 5.63. The molecule has 13 heavy (non-hydrogen) atoms. The van der Waals surface area contributed by atoms with Crippen molar-refractivity contribution >= 4 is 23.5 Å². The summed E-state index contributed by atoms with van der Waals surface area (Å²) in [5.41, 5.74) is 1.38. The van der Waals surface area contributed by atoms with Crippen molar-refractivity contribution in [2.24, 2.45) is 0 Å². The SMILES string of the molecule is CC(C)=CCCC1(CO)SCCS1. The zero-order valence-electron chi connectivity index (χ0n) is 8.38. The topological polar surface area (TPSA) is 20.2 Å². The number of rotatable bonds is 4. The fourth-order valence-electron chi connectivity index (χ4n) is 1.39. The van der Waals surface area contributed by atoms with E-state index in [1.54, 1.807) is 0 Å². The minimum atomic E-state index is 0.117. The molecule has 0 saturated carbocycles. The van der Waals surface area contributed by atoms with Gasteiger partial charge in [0.25, 0.3) is 0 Å². The molecule has 0 atom stereocenters. The average molecular weight is 218 g/mol. The Hall–Kier alpha value is 0.400. The summed E-state index contributed by atoms with van der Waals surface area (Å²) in [6.07, 6.45) is 4.46. The molecule has 1 heterocycles. The van der Waals surface area contributed by atoms with E-state index >= 15 is 0 Å². The largest absolute Gasteiger partial charge is 0.394 e. The van der Waals surface area contributed by atoms with Gasteiger partial charge in [-0.25, -0.2) is 0 Å². The molecule has 0 aromatic heterocycles. The molecule has 1 nitrogen and oxygen atoms in total. The molecule has 0 aliphatic carbocycles. The molecule has 0 unspecified atom stereocenters. The maximum absolute atomic E-state index is 9.32. The van der Waals surface area contributed by atoms with Crippen LogP contribution in [-0.2, 0) is 0 Å². The van der Waals surface area contributed by atoms with Crippen molar-refractivity contribution in [3.8, 4) is 0 Å². The Labute approximate surface area is 89.4 Å². The zero-order chi connectivity index (χ0) is 9.73. The molecule has 0 amide bonds. The molecule has 76 valence electrons. The second-order valence-corrected chi connectivity index (χ2v) is 6.80. The van der Waals surface area contributed by atoms with Crippen molar-refractivity contribution in [2.75, 3.05) is 18.1 Å². The second-order valence-electron chi connectivity index (χ2n) is 3.59. The molecular weight excluding hydrogens is 200 g/mol. The van der Waals surface area contributed by atoms with Crippen LogP contribution in [0.25, 0.3) is 0 Å². The highest BCUT2D eigenvalue weighted by Gasteiger charge is 2.33. The molecule has 1 aliphatic heterocycles. The Morgan fingerprint density at radius 3 is 2.46 bits per heavy atom. The number of allylic oxidation sites excluding steroid dienone is 2. The summed E-state index contributed by atoms with van der Waals surface area (Å²) in [4.78, 5) is 0. The average Bonchev–Trinajstić information content (AvgIpc) is 2.53. The van der Waals surface area contributed by atoms with Gasteiger partial charge in [-0.2, -0.15) is 0 Å². The molecule has 0 aromatic rings. The molecule has 1 N–H and O–H groups in total. The Kier molecular flexibility index (Phi) is 4.70. The Morgan fingerprint density at radius 1 is 1.38 bits per heavy atom. The number of hydrogen-bond acceptors (Lipinski definition) is 3. The molecule has 0 spiro atoms. The summed E-state index contributed by atoms with van der Waals surface area (Å²) in [6, 6.07) is 0. The van der Waals surface area contributed by atoms with Gasteiger partial charge in [0.05, 0.1) is 10.7 Å². The molecule has 3 heteroatoms. The van der Waals surface area contributed by atoms with Gasteiger partial charge >= 0.3 is 0 Å².